The average molecular weight is 220 g/mol. The van der Waals surface area contributed by atoms with Gasteiger partial charge in [0.05, 0.1) is 16.9 Å². The molecule has 1 saturated carbocycles. The molecule has 1 aromatic rings. The number of carboxylic acids is 1. The Morgan fingerprint density at radius 2 is 2.25 bits per heavy atom. The minimum atomic E-state index is -0.929. The van der Waals surface area contributed by atoms with E-state index >= 15 is 0 Å². The first-order valence-electron chi connectivity index (χ1n) is 5.47. The van der Waals surface area contributed by atoms with E-state index in [4.69, 9.17) is 10.8 Å². The molecule has 0 aromatic heterocycles. The van der Waals surface area contributed by atoms with E-state index < -0.39 is 5.97 Å². The number of carboxylic acid groups (broad SMARTS) is 1. The number of hydrogen-bond donors (Lipinski definition) is 3. The third-order valence-corrected chi connectivity index (χ3v) is 3.01. The third-order valence-electron chi connectivity index (χ3n) is 3.01. The van der Waals surface area contributed by atoms with Gasteiger partial charge in [0.25, 0.3) is 0 Å². The molecule has 2 rings (SSSR count). The molecule has 4 N–H and O–H groups in total. The maximum atomic E-state index is 10.8. The molecule has 1 fully saturated rings. The molecule has 1 aliphatic rings. The summed E-state index contributed by atoms with van der Waals surface area (Å²) < 4.78 is 0. The van der Waals surface area contributed by atoms with Gasteiger partial charge in [0, 0.05) is 6.04 Å². The highest BCUT2D eigenvalue weighted by atomic mass is 16.4. The van der Waals surface area contributed by atoms with E-state index in [0.717, 1.165) is 5.69 Å². The van der Waals surface area contributed by atoms with Crippen molar-refractivity contribution in [2.24, 2.45) is 5.92 Å². The fraction of sp³-hybridized carbons (Fsp3) is 0.417. The Labute approximate surface area is 94.5 Å². The Kier molecular flexibility index (Phi) is 2.73. The minimum absolute atomic E-state index is 0.264. The van der Waals surface area contributed by atoms with Gasteiger partial charge in [-0.05, 0) is 43.9 Å². The summed E-state index contributed by atoms with van der Waals surface area (Å²) in [4.78, 5) is 10.8. The zero-order valence-electron chi connectivity index (χ0n) is 9.23. The third kappa shape index (κ3) is 2.27. The van der Waals surface area contributed by atoms with Gasteiger partial charge in [-0.15, -0.1) is 0 Å². The van der Waals surface area contributed by atoms with Gasteiger partial charge in [-0.3, -0.25) is 0 Å². The standard InChI is InChI=1S/C12H16N2O2/c1-7(8-2-3-8)14-11-6-9(12(15)16)4-5-10(11)13/h4-8,14H,2-3,13H2,1H3,(H,15,16). The molecule has 0 bridgehead atoms. The average Bonchev–Trinajstić information content (AvgIpc) is 3.04. The van der Waals surface area contributed by atoms with Crippen molar-refractivity contribution in [3.63, 3.8) is 0 Å². The van der Waals surface area contributed by atoms with E-state index in [-0.39, 0.29) is 5.56 Å². The smallest absolute Gasteiger partial charge is 0.335 e. The van der Waals surface area contributed by atoms with Crippen LogP contribution in [-0.4, -0.2) is 17.1 Å². The van der Waals surface area contributed by atoms with Crippen molar-refractivity contribution in [1.29, 1.82) is 0 Å². The fourth-order valence-corrected chi connectivity index (χ4v) is 1.77. The summed E-state index contributed by atoms with van der Waals surface area (Å²) in [7, 11) is 0. The summed E-state index contributed by atoms with van der Waals surface area (Å²) in [5.74, 6) is -0.227. The van der Waals surface area contributed by atoms with Gasteiger partial charge in [0.2, 0.25) is 0 Å². The first-order valence-corrected chi connectivity index (χ1v) is 5.47. The van der Waals surface area contributed by atoms with Crippen molar-refractivity contribution in [3.05, 3.63) is 23.8 Å². The predicted octanol–water partition coefficient (Wildman–Crippen LogP) is 2.18. The second-order valence-corrected chi connectivity index (χ2v) is 4.38. The van der Waals surface area contributed by atoms with Crippen molar-refractivity contribution in [1.82, 2.24) is 0 Å². The van der Waals surface area contributed by atoms with Crippen molar-refractivity contribution in [3.8, 4) is 0 Å². The minimum Gasteiger partial charge on any atom is -0.478 e. The number of anilines is 2. The molecule has 0 spiro atoms. The maximum absolute atomic E-state index is 10.8. The Balaban J connectivity index is 2.17. The maximum Gasteiger partial charge on any atom is 0.335 e. The fourth-order valence-electron chi connectivity index (χ4n) is 1.77. The molecule has 1 aliphatic carbocycles. The molecule has 4 heteroatoms. The lowest BCUT2D eigenvalue weighted by Crippen LogP contribution is -2.18. The monoisotopic (exact) mass is 220 g/mol. The zero-order chi connectivity index (χ0) is 11.7. The van der Waals surface area contributed by atoms with Crippen molar-refractivity contribution in [2.45, 2.75) is 25.8 Å². The quantitative estimate of drug-likeness (QED) is 0.680. The molecule has 1 aromatic carbocycles. The number of aromatic carboxylic acids is 1. The molecule has 1 atom stereocenters. The molecule has 1 unspecified atom stereocenters. The lowest BCUT2D eigenvalue weighted by Gasteiger charge is -2.16. The van der Waals surface area contributed by atoms with Gasteiger partial charge in [-0.2, -0.15) is 0 Å². The predicted molar refractivity (Wildman–Crippen MR) is 63.6 cm³/mol. The van der Waals surface area contributed by atoms with E-state index in [1.54, 1.807) is 12.1 Å². The molecule has 0 saturated heterocycles. The number of benzene rings is 1. The van der Waals surface area contributed by atoms with Crippen LogP contribution in [0.15, 0.2) is 18.2 Å². The summed E-state index contributed by atoms with van der Waals surface area (Å²) in [6, 6.07) is 5.10. The highest BCUT2D eigenvalue weighted by Crippen LogP contribution is 2.34. The van der Waals surface area contributed by atoms with E-state index in [0.29, 0.717) is 17.6 Å². The van der Waals surface area contributed by atoms with Crippen molar-refractivity contribution in [2.75, 3.05) is 11.1 Å². The van der Waals surface area contributed by atoms with Gasteiger partial charge in [-0.25, -0.2) is 4.79 Å². The van der Waals surface area contributed by atoms with Crippen LogP contribution in [0.5, 0.6) is 0 Å². The second kappa shape index (κ2) is 4.04. The number of nitrogens with two attached hydrogens (primary N) is 1. The van der Waals surface area contributed by atoms with Gasteiger partial charge < -0.3 is 16.2 Å². The number of nitrogens with one attached hydrogen (secondary N) is 1. The number of hydrogen-bond acceptors (Lipinski definition) is 3. The lowest BCUT2D eigenvalue weighted by atomic mass is 10.1. The van der Waals surface area contributed by atoms with Crippen LogP contribution in [0.25, 0.3) is 0 Å². The molecular weight excluding hydrogens is 204 g/mol. The van der Waals surface area contributed by atoms with Crippen LogP contribution in [0, 0.1) is 5.92 Å². The Morgan fingerprint density at radius 1 is 1.56 bits per heavy atom. The van der Waals surface area contributed by atoms with Crippen LogP contribution in [0.4, 0.5) is 11.4 Å². The van der Waals surface area contributed by atoms with Gasteiger partial charge in [0.15, 0.2) is 0 Å². The van der Waals surface area contributed by atoms with Crippen LogP contribution >= 0.6 is 0 Å². The topological polar surface area (TPSA) is 75.3 Å². The first-order chi connectivity index (χ1) is 7.58. The van der Waals surface area contributed by atoms with Crippen LogP contribution in [-0.2, 0) is 0 Å². The summed E-state index contributed by atoms with van der Waals surface area (Å²) in [6.45, 7) is 2.10. The van der Waals surface area contributed by atoms with Gasteiger partial charge in [0.1, 0.15) is 0 Å². The molecule has 4 nitrogen and oxygen atoms in total. The van der Waals surface area contributed by atoms with E-state index in [9.17, 15) is 4.79 Å². The zero-order valence-corrected chi connectivity index (χ0v) is 9.23. The molecular formula is C12H16N2O2. The first kappa shape index (κ1) is 10.8. The molecule has 86 valence electrons. The van der Waals surface area contributed by atoms with Crippen LogP contribution in [0.3, 0.4) is 0 Å². The summed E-state index contributed by atoms with van der Waals surface area (Å²) in [6.07, 6.45) is 2.49. The van der Waals surface area contributed by atoms with Gasteiger partial charge >= 0.3 is 5.97 Å². The van der Waals surface area contributed by atoms with Gasteiger partial charge in [-0.1, -0.05) is 0 Å². The van der Waals surface area contributed by atoms with Crippen LogP contribution in [0.1, 0.15) is 30.1 Å². The Morgan fingerprint density at radius 3 is 2.81 bits per heavy atom. The number of carbonyl (C=O) groups is 1. The van der Waals surface area contributed by atoms with Crippen molar-refractivity contribution >= 4 is 17.3 Å². The highest BCUT2D eigenvalue weighted by molar-refractivity contribution is 5.90. The SMILES string of the molecule is CC(Nc1cc(C(=O)O)ccc1N)C1CC1. The van der Waals surface area contributed by atoms with Crippen molar-refractivity contribution < 1.29 is 9.90 Å². The van der Waals surface area contributed by atoms with E-state index in [1.165, 1.54) is 18.9 Å². The summed E-state index contributed by atoms with van der Waals surface area (Å²) >= 11 is 0. The molecule has 0 heterocycles. The van der Waals surface area contributed by atoms with E-state index in [1.807, 2.05) is 0 Å². The molecule has 16 heavy (non-hydrogen) atoms. The molecule has 0 amide bonds. The largest absolute Gasteiger partial charge is 0.478 e. The lowest BCUT2D eigenvalue weighted by molar-refractivity contribution is 0.0697. The molecule has 0 radical (unpaired) electrons. The van der Waals surface area contributed by atoms with E-state index in [2.05, 4.69) is 12.2 Å². The normalized spacial score (nSPS) is 16.8. The number of nitrogen functional groups attached to an aromatic ring is 1. The number of rotatable bonds is 4. The summed E-state index contributed by atoms with van der Waals surface area (Å²) in [5.41, 5.74) is 7.38. The van der Waals surface area contributed by atoms with Crippen LogP contribution in [0.2, 0.25) is 0 Å². The second-order valence-electron chi connectivity index (χ2n) is 4.38. The Hall–Kier alpha value is -1.71. The highest BCUT2D eigenvalue weighted by Gasteiger charge is 2.28. The summed E-state index contributed by atoms with van der Waals surface area (Å²) in [5, 5.41) is 12.2. The Bertz CT molecular complexity index is 413. The molecule has 0 aliphatic heterocycles. The van der Waals surface area contributed by atoms with Crippen LogP contribution < -0.4 is 11.1 Å².